The zero-order valence-electron chi connectivity index (χ0n) is 35.2. The standard InChI is InChI=1S/C61H42N2/c1-61(2)55-37-32-40-20-9-10-24-43(40)58(55)54-31-17-30-52(59(54)61)50-34-33-48(44-25-12-13-26-45(44)50)49-35-36-53(47-28-15-14-27-46(47)49)60-62-56(41-21-7-4-8-22-41)38-57(63-60)51-29-16-11-23-42(51)39-18-5-3-6-19-39/h3-38H,1-2H3. The molecular weight excluding hydrogens is 761 g/mol. The van der Waals surface area contributed by atoms with Crippen molar-refractivity contribution in [3.8, 4) is 78.4 Å². The molecule has 63 heavy (non-hydrogen) atoms. The van der Waals surface area contributed by atoms with Gasteiger partial charge in [0, 0.05) is 22.1 Å². The fourth-order valence-corrected chi connectivity index (χ4v) is 10.4. The first-order valence-electron chi connectivity index (χ1n) is 21.8. The van der Waals surface area contributed by atoms with Crippen molar-refractivity contribution in [2.45, 2.75) is 19.3 Å². The Kier molecular flexibility index (Phi) is 8.55. The molecule has 1 aliphatic rings. The molecule has 2 nitrogen and oxygen atoms in total. The summed E-state index contributed by atoms with van der Waals surface area (Å²) in [5, 5.41) is 7.35. The molecule has 296 valence electrons. The molecule has 1 heterocycles. The van der Waals surface area contributed by atoms with Crippen LogP contribution >= 0.6 is 0 Å². The van der Waals surface area contributed by atoms with Crippen molar-refractivity contribution in [1.29, 1.82) is 0 Å². The monoisotopic (exact) mass is 802 g/mol. The molecule has 0 N–H and O–H groups in total. The molecule has 0 bridgehead atoms. The minimum absolute atomic E-state index is 0.166. The Hall–Kier alpha value is -7.94. The van der Waals surface area contributed by atoms with Crippen molar-refractivity contribution in [3.05, 3.63) is 230 Å². The molecule has 1 aromatic heterocycles. The average molecular weight is 803 g/mol. The predicted octanol–water partition coefficient (Wildman–Crippen LogP) is 16.2. The maximum absolute atomic E-state index is 5.39. The van der Waals surface area contributed by atoms with Crippen LogP contribution in [0, 0.1) is 0 Å². The maximum Gasteiger partial charge on any atom is 0.161 e. The summed E-state index contributed by atoms with van der Waals surface area (Å²) in [5.41, 5.74) is 17.5. The second-order valence-corrected chi connectivity index (χ2v) is 17.2. The Labute approximate surface area is 367 Å². The van der Waals surface area contributed by atoms with Crippen LogP contribution in [0.25, 0.3) is 111 Å². The Morgan fingerprint density at radius 1 is 0.317 bits per heavy atom. The fourth-order valence-electron chi connectivity index (χ4n) is 10.4. The minimum Gasteiger partial charge on any atom is -0.228 e. The first kappa shape index (κ1) is 36.9. The Bertz CT molecular complexity index is 3580. The van der Waals surface area contributed by atoms with Crippen LogP contribution in [0.4, 0.5) is 0 Å². The van der Waals surface area contributed by atoms with E-state index in [0.717, 1.165) is 50.0 Å². The van der Waals surface area contributed by atoms with E-state index in [-0.39, 0.29) is 5.41 Å². The summed E-state index contributed by atoms with van der Waals surface area (Å²) in [4.78, 5) is 10.7. The smallest absolute Gasteiger partial charge is 0.161 e. The van der Waals surface area contributed by atoms with Crippen LogP contribution in [0.5, 0.6) is 0 Å². The van der Waals surface area contributed by atoms with Crippen molar-refractivity contribution in [3.63, 3.8) is 0 Å². The number of rotatable bonds is 6. The second-order valence-electron chi connectivity index (χ2n) is 17.2. The van der Waals surface area contributed by atoms with Crippen LogP contribution in [-0.4, -0.2) is 9.97 Å². The molecule has 0 amide bonds. The third-order valence-corrected chi connectivity index (χ3v) is 13.3. The molecule has 0 saturated carbocycles. The van der Waals surface area contributed by atoms with Gasteiger partial charge < -0.3 is 0 Å². The van der Waals surface area contributed by atoms with E-state index in [4.69, 9.17) is 9.97 Å². The van der Waals surface area contributed by atoms with E-state index in [1.54, 1.807) is 0 Å². The Balaban J connectivity index is 1.03. The number of aromatic nitrogens is 2. The molecule has 0 aliphatic heterocycles. The summed E-state index contributed by atoms with van der Waals surface area (Å²) in [6, 6.07) is 78.9. The molecule has 0 unspecified atom stereocenters. The lowest BCUT2D eigenvalue weighted by Gasteiger charge is -2.25. The van der Waals surface area contributed by atoms with Gasteiger partial charge in [0.1, 0.15) is 0 Å². The molecule has 12 rings (SSSR count). The fraction of sp³-hybridized carbons (Fsp3) is 0.0492. The van der Waals surface area contributed by atoms with Crippen LogP contribution in [-0.2, 0) is 5.41 Å². The quantitative estimate of drug-likeness (QED) is 0.167. The summed E-state index contributed by atoms with van der Waals surface area (Å²) in [6.07, 6.45) is 0. The number of hydrogen-bond acceptors (Lipinski definition) is 2. The average Bonchev–Trinajstić information content (AvgIpc) is 3.60. The van der Waals surface area contributed by atoms with Gasteiger partial charge in [-0.25, -0.2) is 9.97 Å². The summed E-state index contributed by atoms with van der Waals surface area (Å²) in [6.45, 7) is 4.79. The highest BCUT2D eigenvalue weighted by molar-refractivity contribution is 6.13. The zero-order valence-corrected chi connectivity index (χ0v) is 35.2. The number of fused-ring (bicyclic) bond motifs is 7. The van der Waals surface area contributed by atoms with Crippen molar-refractivity contribution >= 4 is 32.3 Å². The third-order valence-electron chi connectivity index (χ3n) is 13.3. The summed E-state index contributed by atoms with van der Waals surface area (Å²) in [7, 11) is 0. The SMILES string of the molecule is CC1(C)c2ccc3ccccc3c2-c2cccc(-c3ccc(-c4ccc(-c5nc(-c6ccccc6)cc(-c6ccccc6-c6ccccc6)n5)c5ccccc45)c4ccccc34)c21. The maximum atomic E-state index is 5.39. The molecule has 2 heteroatoms. The molecular formula is C61H42N2. The molecule has 11 aromatic rings. The van der Waals surface area contributed by atoms with Gasteiger partial charge in [0.2, 0.25) is 0 Å². The van der Waals surface area contributed by atoms with Gasteiger partial charge in [0.15, 0.2) is 5.82 Å². The van der Waals surface area contributed by atoms with Crippen LogP contribution in [0.2, 0.25) is 0 Å². The number of hydrogen-bond donors (Lipinski definition) is 0. The first-order valence-corrected chi connectivity index (χ1v) is 21.8. The van der Waals surface area contributed by atoms with E-state index < -0.39 is 0 Å². The van der Waals surface area contributed by atoms with Crippen LogP contribution in [0.1, 0.15) is 25.0 Å². The van der Waals surface area contributed by atoms with Crippen LogP contribution in [0.15, 0.2) is 218 Å². The van der Waals surface area contributed by atoms with Gasteiger partial charge in [-0.3, -0.25) is 0 Å². The van der Waals surface area contributed by atoms with Gasteiger partial charge in [-0.1, -0.05) is 220 Å². The van der Waals surface area contributed by atoms with E-state index in [0.29, 0.717) is 5.82 Å². The van der Waals surface area contributed by atoms with Crippen molar-refractivity contribution < 1.29 is 0 Å². The summed E-state index contributed by atoms with van der Waals surface area (Å²) in [5.74, 6) is 0.700. The van der Waals surface area contributed by atoms with Gasteiger partial charge in [0.25, 0.3) is 0 Å². The highest BCUT2D eigenvalue weighted by Gasteiger charge is 2.38. The first-order chi connectivity index (χ1) is 31.0. The van der Waals surface area contributed by atoms with Gasteiger partial charge in [-0.2, -0.15) is 0 Å². The topological polar surface area (TPSA) is 25.8 Å². The molecule has 0 radical (unpaired) electrons. The molecule has 0 fully saturated rings. The highest BCUT2D eigenvalue weighted by Crippen LogP contribution is 2.55. The van der Waals surface area contributed by atoms with Crippen molar-refractivity contribution in [2.24, 2.45) is 0 Å². The summed E-state index contributed by atoms with van der Waals surface area (Å²) >= 11 is 0. The predicted molar refractivity (Wildman–Crippen MR) is 265 cm³/mol. The highest BCUT2D eigenvalue weighted by atomic mass is 14.9. The Morgan fingerprint density at radius 3 is 1.46 bits per heavy atom. The van der Waals surface area contributed by atoms with Crippen LogP contribution < -0.4 is 0 Å². The number of nitrogens with zero attached hydrogens (tertiary/aromatic N) is 2. The normalized spacial score (nSPS) is 12.7. The van der Waals surface area contributed by atoms with Gasteiger partial charge in [-0.15, -0.1) is 0 Å². The summed E-state index contributed by atoms with van der Waals surface area (Å²) < 4.78 is 0. The van der Waals surface area contributed by atoms with Gasteiger partial charge >= 0.3 is 0 Å². The van der Waals surface area contributed by atoms with E-state index in [1.165, 1.54) is 66.1 Å². The number of benzene rings is 10. The van der Waals surface area contributed by atoms with E-state index in [9.17, 15) is 0 Å². The van der Waals surface area contributed by atoms with Gasteiger partial charge in [-0.05, 0) is 100 Å². The van der Waals surface area contributed by atoms with Gasteiger partial charge in [0.05, 0.1) is 11.4 Å². The van der Waals surface area contributed by atoms with E-state index >= 15 is 0 Å². The van der Waals surface area contributed by atoms with Crippen molar-refractivity contribution in [1.82, 2.24) is 9.97 Å². The molecule has 0 saturated heterocycles. The minimum atomic E-state index is -0.166. The molecule has 0 atom stereocenters. The van der Waals surface area contributed by atoms with E-state index in [1.807, 2.05) is 6.07 Å². The third kappa shape index (κ3) is 5.94. The molecule has 1 aliphatic carbocycles. The molecule has 10 aromatic carbocycles. The van der Waals surface area contributed by atoms with Crippen LogP contribution in [0.3, 0.4) is 0 Å². The largest absolute Gasteiger partial charge is 0.228 e. The lowest BCUT2D eigenvalue weighted by atomic mass is 9.78. The lowest BCUT2D eigenvalue weighted by Crippen LogP contribution is -2.16. The second kappa shape index (κ2) is 14.6. The Morgan fingerprint density at radius 2 is 0.794 bits per heavy atom. The molecule has 0 spiro atoms. The van der Waals surface area contributed by atoms with Crippen molar-refractivity contribution in [2.75, 3.05) is 0 Å². The lowest BCUT2D eigenvalue weighted by molar-refractivity contribution is 0.662. The van der Waals surface area contributed by atoms with E-state index in [2.05, 4.69) is 226 Å². The zero-order chi connectivity index (χ0) is 42.1.